The van der Waals surface area contributed by atoms with Crippen LogP contribution in [0.5, 0.6) is 0 Å². The second-order valence-corrected chi connectivity index (χ2v) is 7.07. The SMILES string of the molecule is CC(=O)c1nc(-c2[nH]nc3c(C)cc(C)cc23)sc1-c1cccnc1. The van der Waals surface area contributed by atoms with Crippen molar-refractivity contribution in [2.24, 2.45) is 0 Å². The molecular weight excluding hydrogens is 332 g/mol. The number of aromatic nitrogens is 4. The molecule has 0 aliphatic rings. The number of nitrogens with zero attached hydrogens (tertiary/aromatic N) is 3. The van der Waals surface area contributed by atoms with Crippen LogP contribution in [0.3, 0.4) is 0 Å². The van der Waals surface area contributed by atoms with Crippen LogP contribution < -0.4 is 0 Å². The third kappa shape index (κ3) is 2.64. The topological polar surface area (TPSA) is 71.5 Å². The lowest BCUT2D eigenvalue weighted by molar-refractivity contribution is 0.101. The lowest BCUT2D eigenvalue weighted by Crippen LogP contribution is -1.95. The first-order valence-corrected chi connectivity index (χ1v) is 8.74. The lowest BCUT2D eigenvalue weighted by atomic mass is 10.1. The summed E-state index contributed by atoms with van der Waals surface area (Å²) in [6.07, 6.45) is 3.47. The molecule has 1 aromatic carbocycles. The highest BCUT2D eigenvalue weighted by atomic mass is 32.1. The van der Waals surface area contributed by atoms with E-state index < -0.39 is 0 Å². The molecule has 0 amide bonds. The van der Waals surface area contributed by atoms with Gasteiger partial charge in [0.25, 0.3) is 0 Å². The smallest absolute Gasteiger partial charge is 0.179 e. The number of Topliss-reactive ketones (excluding diaryl/α,β-unsaturated/α-hetero) is 1. The molecule has 4 aromatic rings. The number of benzene rings is 1. The van der Waals surface area contributed by atoms with Gasteiger partial charge in [-0.2, -0.15) is 5.10 Å². The highest BCUT2D eigenvalue weighted by Crippen LogP contribution is 2.37. The molecule has 3 aromatic heterocycles. The molecule has 0 radical (unpaired) electrons. The van der Waals surface area contributed by atoms with Gasteiger partial charge in [0.1, 0.15) is 16.4 Å². The third-order valence-electron chi connectivity index (χ3n) is 4.09. The zero-order valence-electron chi connectivity index (χ0n) is 14.1. The van der Waals surface area contributed by atoms with Crippen LogP contribution in [-0.4, -0.2) is 25.9 Å². The quantitative estimate of drug-likeness (QED) is 0.551. The van der Waals surface area contributed by atoms with E-state index in [0.717, 1.165) is 37.6 Å². The van der Waals surface area contributed by atoms with Gasteiger partial charge in [-0.3, -0.25) is 14.9 Å². The van der Waals surface area contributed by atoms with Crippen molar-refractivity contribution in [2.75, 3.05) is 0 Å². The average molecular weight is 348 g/mol. The second kappa shape index (κ2) is 5.89. The van der Waals surface area contributed by atoms with Crippen LogP contribution in [0.25, 0.3) is 32.0 Å². The van der Waals surface area contributed by atoms with Crippen molar-refractivity contribution < 1.29 is 4.79 Å². The van der Waals surface area contributed by atoms with E-state index in [-0.39, 0.29) is 5.78 Å². The molecule has 0 spiro atoms. The number of hydrogen-bond donors (Lipinski definition) is 1. The molecule has 0 bridgehead atoms. The fraction of sp³-hybridized carbons (Fsp3) is 0.158. The summed E-state index contributed by atoms with van der Waals surface area (Å²) in [5.74, 6) is -0.0578. The van der Waals surface area contributed by atoms with Crippen molar-refractivity contribution in [1.29, 1.82) is 0 Å². The molecule has 0 aliphatic heterocycles. The Balaban J connectivity index is 1.94. The monoisotopic (exact) mass is 348 g/mol. The molecule has 5 nitrogen and oxygen atoms in total. The van der Waals surface area contributed by atoms with Gasteiger partial charge >= 0.3 is 0 Å². The maximum Gasteiger partial charge on any atom is 0.179 e. The standard InChI is InChI=1S/C19H16N4OS/c1-10-7-11(2)15-14(8-10)17(23-22-15)19-21-16(12(3)24)18(25-19)13-5-4-6-20-9-13/h4-9H,1-3H3,(H,22,23). The van der Waals surface area contributed by atoms with Crippen LogP contribution in [-0.2, 0) is 0 Å². The fourth-order valence-corrected chi connectivity index (χ4v) is 4.11. The third-order valence-corrected chi connectivity index (χ3v) is 5.21. The first-order chi connectivity index (χ1) is 12.0. The molecular formula is C19H16N4OS. The number of hydrogen-bond acceptors (Lipinski definition) is 5. The number of carbonyl (C=O) groups is 1. The summed E-state index contributed by atoms with van der Waals surface area (Å²) in [5, 5.41) is 9.32. The fourth-order valence-electron chi connectivity index (χ4n) is 2.99. The minimum absolute atomic E-state index is 0.0578. The summed E-state index contributed by atoms with van der Waals surface area (Å²) in [4.78, 5) is 21.7. The number of ketones is 1. The Morgan fingerprint density at radius 3 is 2.80 bits per heavy atom. The van der Waals surface area contributed by atoms with Crippen molar-refractivity contribution in [1.82, 2.24) is 20.2 Å². The molecule has 0 aliphatic carbocycles. The van der Waals surface area contributed by atoms with Gasteiger partial charge in [0.2, 0.25) is 0 Å². The number of thiazole rings is 1. The van der Waals surface area contributed by atoms with Crippen LogP contribution in [0.1, 0.15) is 28.5 Å². The zero-order chi connectivity index (χ0) is 17.6. The normalized spacial score (nSPS) is 11.2. The van der Waals surface area contributed by atoms with Gasteiger partial charge in [0, 0.05) is 30.3 Å². The highest BCUT2D eigenvalue weighted by molar-refractivity contribution is 7.18. The van der Waals surface area contributed by atoms with E-state index in [4.69, 9.17) is 0 Å². The first kappa shape index (κ1) is 15.7. The van der Waals surface area contributed by atoms with E-state index in [2.05, 4.69) is 39.2 Å². The van der Waals surface area contributed by atoms with Crippen LogP contribution >= 0.6 is 11.3 Å². The number of aryl methyl sites for hydroxylation is 2. The van der Waals surface area contributed by atoms with E-state index >= 15 is 0 Å². The Bertz CT molecular complexity index is 1100. The molecule has 0 saturated carbocycles. The number of pyridine rings is 1. The summed E-state index contributed by atoms with van der Waals surface area (Å²) >= 11 is 1.48. The van der Waals surface area contributed by atoms with Crippen molar-refractivity contribution in [3.63, 3.8) is 0 Å². The summed E-state index contributed by atoms with van der Waals surface area (Å²) in [6.45, 7) is 5.65. The molecule has 0 saturated heterocycles. The average Bonchev–Trinajstić information content (AvgIpc) is 3.19. The Kier molecular flexibility index (Phi) is 3.69. The number of rotatable bonds is 3. The Hall–Kier alpha value is -2.86. The van der Waals surface area contributed by atoms with E-state index in [1.54, 1.807) is 12.4 Å². The zero-order valence-corrected chi connectivity index (χ0v) is 14.9. The van der Waals surface area contributed by atoms with Gasteiger partial charge in [0.05, 0.1) is 10.4 Å². The summed E-state index contributed by atoms with van der Waals surface area (Å²) in [7, 11) is 0. The van der Waals surface area contributed by atoms with Crippen LogP contribution in [0, 0.1) is 13.8 Å². The van der Waals surface area contributed by atoms with E-state index in [0.29, 0.717) is 5.69 Å². The van der Waals surface area contributed by atoms with Crippen molar-refractivity contribution in [3.8, 4) is 21.1 Å². The maximum atomic E-state index is 12.1. The molecule has 0 atom stereocenters. The molecule has 3 heterocycles. The van der Waals surface area contributed by atoms with Crippen LogP contribution in [0.2, 0.25) is 0 Å². The first-order valence-electron chi connectivity index (χ1n) is 7.92. The Labute approximate surface area is 148 Å². The van der Waals surface area contributed by atoms with Gasteiger partial charge in [-0.15, -0.1) is 11.3 Å². The molecule has 0 fully saturated rings. The summed E-state index contributed by atoms with van der Waals surface area (Å²) in [6, 6.07) is 8.00. The number of fused-ring (bicyclic) bond motifs is 1. The van der Waals surface area contributed by atoms with E-state index in [1.165, 1.54) is 23.8 Å². The molecule has 0 unspecified atom stereocenters. The van der Waals surface area contributed by atoms with E-state index in [9.17, 15) is 4.79 Å². The van der Waals surface area contributed by atoms with E-state index in [1.807, 2.05) is 19.1 Å². The van der Waals surface area contributed by atoms with Gasteiger partial charge in [-0.05, 0) is 31.5 Å². The molecule has 4 rings (SSSR count). The van der Waals surface area contributed by atoms with Gasteiger partial charge < -0.3 is 0 Å². The predicted octanol–water partition coefficient (Wildman–Crippen LogP) is 4.57. The Morgan fingerprint density at radius 2 is 2.08 bits per heavy atom. The second-order valence-electron chi connectivity index (χ2n) is 6.07. The number of nitrogens with one attached hydrogen (secondary N) is 1. The molecule has 25 heavy (non-hydrogen) atoms. The van der Waals surface area contributed by atoms with Gasteiger partial charge in [0.15, 0.2) is 5.78 Å². The highest BCUT2D eigenvalue weighted by Gasteiger charge is 2.20. The molecule has 1 N–H and O–H groups in total. The minimum Gasteiger partial charge on any atom is -0.293 e. The Morgan fingerprint density at radius 1 is 1.24 bits per heavy atom. The van der Waals surface area contributed by atoms with Crippen molar-refractivity contribution >= 4 is 28.0 Å². The molecule has 124 valence electrons. The predicted molar refractivity (Wildman–Crippen MR) is 99.9 cm³/mol. The number of H-pyrrole nitrogens is 1. The van der Waals surface area contributed by atoms with Crippen LogP contribution in [0.4, 0.5) is 0 Å². The van der Waals surface area contributed by atoms with Crippen LogP contribution in [0.15, 0.2) is 36.7 Å². The maximum absolute atomic E-state index is 12.1. The number of carbonyl (C=O) groups excluding carboxylic acids is 1. The number of aromatic amines is 1. The van der Waals surface area contributed by atoms with Gasteiger partial charge in [-0.1, -0.05) is 17.7 Å². The molecule has 6 heteroatoms. The largest absolute Gasteiger partial charge is 0.293 e. The summed E-state index contributed by atoms with van der Waals surface area (Å²) in [5.41, 5.74) is 5.44. The summed E-state index contributed by atoms with van der Waals surface area (Å²) < 4.78 is 0. The minimum atomic E-state index is -0.0578. The lowest BCUT2D eigenvalue weighted by Gasteiger charge is -1.98. The van der Waals surface area contributed by atoms with Crippen molar-refractivity contribution in [3.05, 3.63) is 53.5 Å². The van der Waals surface area contributed by atoms with Gasteiger partial charge in [-0.25, -0.2) is 4.98 Å². The van der Waals surface area contributed by atoms with Crippen molar-refractivity contribution in [2.45, 2.75) is 20.8 Å².